The van der Waals surface area contributed by atoms with Crippen LogP contribution in [0.1, 0.15) is 18.4 Å². The Balaban J connectivity index is 2.36. The number of nitro groups is 1. The van der Waals surface area contributed by atoms with Gasteiger partial charge < -0.3 is 5.32 Å². The Morgan fingerprint density at radius 3 is 2.45 bits per heavy atom. The first-order chi connectivity index (χ1) is 10.3. The summed E-state index contributed by atoms with van der Waals surface area (Å²) in [7, 11) is -2.11. The van der Waals surface area contributed by atoms with E-state index >= 15 is 0 Å². The van der Waals surface area contributed by atoms with Crippen molar-refractivity contribution in [2.24, 2.45) is 0 Å². The van der Waals surface area contributed by atoms with E-state index in [0.29, 0.717) is 25.9 Å². The van der Waals surface area contributed by atoms with Crippen LogP contribution in [-0.2, 0) is 10.0 Å². The summed E-state index contributed by atoms with van der Waals surface area (Å²) in [6.45, 7) is 1.86. The number of benzene rings is 1. The summed E-state index contributed by atoms with van der Waals surface area (Å²) < 4.78 is 40.1. The average molecular weight is 331 g/mol. The number of rotatable bonds is 4. The highest BCUT2D eigenvalue weighted by Crippen LogP contribution is 2.28. The average Bonchev–Trinajstić information content (AvgIpc) is 2.49. The summed E-state index contributed by atoms with van der Waals surface area (Å²) >= 11 is 0. The van der Waals surface area contributed by atoms with Gasteiger partial charge in [0.1, 0.15) is 5.82 Å². The molecule has 0 atom stereocenters. The molecular weight excluding hydrogens is 313 g/mol. The maximum Gasteiger partial charge on any atom is 0.276 e. The Morgan fingerprint density at radius 1 is 1.36 bits per heavy atom. The van der Waals surface area contributed by atoms with Crippen LogP contribution in [0, 0.1) is 22.9 Å². The highest BCUT2D eigenvalue weighted by Gasteiger charge is 2.31. The fraction of sp³-hybridized carbons (Fsp3) is 0.538. The Bertz CT molecular complexity index is 685. The summed E-state index contributed by atoms with van der Waals surface area (Å²) in [5.41, 5.74) is -0.693. The highest BCUT2D eigenvalue weighted by atomic mass is 32.2. The largest absolute Gasteiger partial charge is 0.317 e. The van der Waals surface area contributed by atoms with Crippen molar-refractivity contribution < 1.29 is 17.7 Å². The van der Waals surface area contributed by atoms with Crippen molar-refractivity contribution in [1.29, 1.82) is 0 Å². The second-order valence-electron chi connectivity index (χ2n) is 5.27. The van der Waals surface area contributed by atoms with Gasteiger partial charge in [0.05, 0.1) is 15.4 Å². The van der Waals surface area contributed by atoms with Gasteiger partial charge in [-0.2, -0.15) is 4.31 Å². The van der Waals surface area contributed by atoms with Crippen molar-refractivity contribution >= 4 is 15.7 Å². The van der Waals surface area contributed by atoms with E-state index < -0.39 is 26.5 Å². The predicted octanol–water partition coefficient (Wildman–Crippen LogP) is 1.41. The molecule has 122 valence electrons. The van der Waals surface area contributed by atoms with E-state index in [-0.39, 0.29) is 16.5 Å². The van der Waals surface area contributed by atoms with Gasteiger partial charge >= 0.3 is 0 Å². The molecule has 1 heterocycles. The number of nitrogens with zero attached hydrogens (tertiary/aromatic N) is 2. The fourth-order valence-electron chi connectivity index (χ4n) is 2.51. The number of halogens is 1. The minimum Gasteiger partial charge on any atom is -0.317 e. The fourth-order valence-corrected chi connectivity index (χ4v) is 4.02. The second-order valence-corrected chi connectivity index (χ2v) is 7.21. The van der Waals surface area contributed by atoms with Gasteiger partial charge in [0, 0.05) is 25.2 Å². The van der Waals surface area contributed by atoms with Gasteiger partial charge in [-0.05, 0) is 32.9 Å². The third-order valence-electron chi connectivity index (χ3n) is 3.99. The minimum atomic E-state index is -3.93. The Labute approximate surface area is 128 Å². The van der Waals surface area contributed by atoms with Crippen molar-refractivity contribution in [3.8, 4) is 0 Å². The molecule has 2 rings (SSSR count). The molecule has 1 aliphatic heterocycles. The third kappa shape index (κ3) is 3.11. The lowest BCUT2D eigenvalue weighted by molar-refractivity contribution is -0.385. The molecule has 0 radical (unpaired) electrons. The van der Waals surface area contributed by atoms with Crippen LogP contribution in [-0.4, -0.2) is 43.8 Å². The van der Waals surface area contributed by atoms with Gasteiger partial charge in [0.15, 0.2) is 0 Å². The zero-order valence-corrected chi connectivity index (χ0v) is 13.2. The quantitative estimate of drug-likeness (QED) is 0.665. The molecule has 22 heavy (non-hydrogen) atoms. The molecule has 0 saturated carbocycles. The van der Waals surface area contributed by atoms with Crippen LogP contribution >= 0.6 is 0 Å². The first kappa shape index (κ1) is 16.8. The monoisotopic (exact) mass is 331 g/mol. The maximum absolute atomic E-state index is 13.8. The van der Waals surface area contributed by atoms with E-state index in [4.69, 9.17) is 0 Å². The predicted molar refractivity (Wildman–Crippen MR) is 78.6 cm³/mol. The van der Waals surface area contributed by atoms with Crippen LogP contribution in [0.4, 0.5) is 10.1 Å². The van der Waals surface area contributed by atoms with E-state index in [9.17, 15) is 22.9 Å². The van der Waals surface area contributed by atoms with Crippen molar-refractivity contribution in [3.05, 3.63) is 33.6 Å². The molecule has 1 aromatic carbocycles. The van der Waals surface area contributed by atoms with Crippen LogP contribution in [0.15, 0.2) is 17.0 Å². The molecule has 1 N–H and O–H groups in total. The van der Waals surface area contributed by atoms with E-state index in [1.54, 1.807) is 0 Å². The molecule has 1 aromatic rings. The number of sulfonamides is 1. The van der Waals surface area contributed by atoms with E-state index in [0.717, 1.165) is 12.1 Å². The highest BCUT2D eigenvalue weighted by molar-refractivity contribution is 7.89. The van der Waals surface area contributed by atoms with Crippen LogP contribution in [0.3, 0.4) is 0 Å². The topological polar surface area (TPSA) is 92.6 Å². The van der Waals surface area contributed by atoms with Gasteiger partial charge in [-0.25, -0.2) is 12.8 Å². The van der Waals surface area contributed by atoms with Crippen molar-refractivity contribution in [2.75, 3.05) is 20.1 Å². The lowest BCUT2D eigenvalue weighted by atomic mass is 10.1. The number of hydrogen-bond donors (Lipinski definition) is 1. The SMILES string of the molecule is CNC1CCN(S(=O)(=O)c2cc(F)c(C)c([N+](=O)[O-])c2)CC1. The lowest BCUT2D eigenvalue weighted by Gasteiger charge is -2.30. The molecule has 9 heteroatoms. The van der Waals surface area contributed by atoms with E-state index in [2.05, 4.69) is 5.32 Å². The smallest absolute Gasteiger partial charge is 0.276 e. The van der Waals surface area contributed by atoms with E-state index in [1.807, 2.05) is 7.05 Å². The number of nitrogens with one attached hydrogen (secondary N) is 1. The van der Waals surface area contributed by atoms with Crippen LogP contribution in [0.25, 0.3) is 0 Å². The molecule has 0 amide bonds. The van der Waals surface area contributed by atoms with Crippen LogP contribution in [0.5, 0.6) is 0 Å². The molecule has 7 nitrogen and oxygen atoms in total. The second kappa shape index (κ2) is 6.27. The number of nitro benzene ring substituents is 1. The molecule has 0 unspecified atom stereocenters. The Morgan fingerprint density at radius 2 is 1.95 bits per heavy atom. The molecule has 1 saturated heterocycles. The standard InChI is InChI=1S/C13H18FN3O4S/c1-9-12(14)7-11(8-13(9)17(18)19)22(20,21)16-5-3-10(15-2)4-6-16/h7-8,10,15H,3-6H2,1-2H3. The summed E-state index contributed by atoms with van der Waals surface area (Å²) in [5, 5.41) is 14.0. The minimum absolute atomic E-state index is 0.169. The third-order valence-corrected chi connectivity index (χ3v) is 5.86. The van der Waals surface area contributed by atoms with Gasteiger partial charge in [-0.15, -0.1) is 0 Å². The summed E-state index contributed by atoms with van der Waals surface area (Å²) in [6.07, 6.45) is 1.29. The summed E-state index contributed by atoms with van der Waals surface area (Å²) in [6, 6.07) is 2.02. The van der Waals surface area contributed by atoms with Gasteiger partial charge in [0.25, 0.3) is 5.69 Å². The summed E-state index contributed by atoms with van der Waals surface area (Å²) in [4.78, 5) is 9.79. The molecular formula is C13H18FN3O4S. The zero-order chi connectivity index (χ0) is 16.5. The van der Waals surface area contributed by atoms with Crippen LogP contribution < -0.4 is 5.32 Å². The van der Waals surface area contributed by atoms with Gasteiger partial charge in [0.2, 0.25) is 10.0 Å². The van der Waals surface area contributed by atoms with Crippen molar-refractivity contribution in [3.63, 3.8) is 0 Å². The lowest BCUT2D eigenvalue weighted by Crippen LogP contribution is -2.43. The zero-order valence-electron chi connectivity index (χ0n) is 12.4. The molecule has 0 aromatic heterocycles. The summed E-state index contributed by atoms with van der Waals surface area (Å²) in [5.74, 6) is -0.891. The van der Waals surface area contributed by atoms with Gasteiger partial charge in [-0.1, -0.05) is 0 Å². The maximum atomic E-state index is 13.8. The first-order valence-electron chi connectivity index (χ1n) is 6.89. The molecule has 1 fully saturated rings. The van der Waals surface area contributed by atoms with Crippen molar-refractivity contribution in [2.45, 2.75) is 30.7 Å². The number of hydrogen-bond acceptors (Lipinski definition) is 5. The van der Waals surface area contributed by atoms with Gasteiger partial charge in [-0.3, -0.25) is 10.1 Å². The number of piperidine rings is 1. The van der Waals surface area contributed by atoms with Crippen molar-refractivity contribution in [1.82, 2.24) is 9.62 Å². The molecule has 0 aliphatic carbocycles. The molecule has 1 aliphatic rings. The molecule has 0 bridgehead atoms. The Hall–Kier alpha value is -1.58. The normalized spacial score (nSPS) is 17.6. The first-order valence-corrected chi connectivity index (χ1v) is 8.33. The van der Waals surface area contributed by atoms with Crippen LogP contribution in [0.2, 0.25) is 0 Å². The van der Waals surface area contributed by atoms with E-state index in [1.165, 1.54) is 11.2 Å². The Kier molecular flexibility index (Phi) is 4.78. The molecule has 0 spiro atoms.